The van der Waals surface area contributed by atoms with Crippen molar-refractivity contribution in [2.24, 2.45) is 0 Å². The summed E-state index contributed by atoms with van der Waals surface area (Å²) in [5.74, 6) is 0.0585. The molecule has 0 aromatic heterocycles. The lowest BCUT2D eigenvalue weighted by atomic mass is 10.2. The molecule has 0 saturated carbocycles. The van der Waals surface area contributed by atoms with Gasteiger partial charge >= 0.3 is 0 Å². The lowest BCUT2D eigenvalue weighted by molar-refractivity contribution is 0.0786. The lowest BCUT2D eigenvalue weighted by Crippen LogP contribution is -2.33. The molecule has 0 heterocycles. The molecule has 4 heteroatoms. The highest BCUT2D eigenvalue weighted by Gasteiger charge is 2.11. The number of likely N-dealkylation sites (N-methyl/N-ethyl adjacent to an activating group) is 2. The third-order valence-electron chi connectivity index (χ3n) is 2.30. The van der Waals surface area contributed by atoms with Crippen molar-refractivity contribution < 1.29 is 4.79 Å². The molecule has 16 heavy (non-hydrogen) atoms. The zero-order chi connectivity index (χ0) is 12.1. The van der Waals surface area contributed by atoms with E-state index in [1.165, 1.54) is 0 Å². The number of hydrogen-bond donors (Lipinski definition) is 0. The van der Waals surface area contributed by atoms with Crippen LogP contribution < -0.4 is 0 Å². The Morgan fingerprint density at radius 1 is 1.25 bits per heavy atom. The fraction of sp³-hybridized carbons (Fsp3) is 0.417. The summed E-state index contributed by atoms with van der Waals surface area (Å²) in [4.78, 5) is 15.8. The van der Waals surface area contributed by atoms with E-state index in [4.69, 9.17) is 0 Å². The van der Waals surface area contributed by atoms with E-state index in [0.29, 0.717) is 0 Å². The van der Waals surface area contributed by atoms with Gasteiger partial charge in [0.15, 0.2) is 0 Å². The van der Waals surface area contributed by atoms with Gasteiger partial charge in [0.25, 0.3) is 5.91 Å². The van der Waals surface area contributed by atoms with Gasteiger partial charge in [-0.3, -0.25) is 4.79 Å². The summed E-state index contributed by atoms with van der Waals surface area (Å²) in [7, 11) is 5.82. The summed E-state index contributed by atoms with van der Waals surface area (Å²) in [6.45, 7) is 1.61. The Balaban J connectivity index is 2.63. The number of halogens is 1. The zero-order valence-electron chi connectivity index (χ0n) is 9.90. The van der Waals surface area contributed by atoms with Gasteiger partial charge in [-0.15, -0.1) is 0 Å². The molecule has 0 N–H and O–H groups in total. The molecular formula is C12H17BrN2O. The minimum absolute atomic E-state index is 0.0585. The molecular weight excluding hydrogens is 268 g/mol. The Bertz CT molecular complexity index is 366. The van der Waals surface area contributed by atoms with Gasteiger partial charge in [0.2, 0.25) is 0 Å². The van der Waals surface area contributed by atoms with E-state index < -0.39 is 0 Å². The zero-order valence-corrected chi connectivity index (χ0v) is 11.5. The standard InChI is InChI=1S/C12H17BrN2O/c1-14(2)7-8-15(3)12(16)10-5-4-6-11(13)9-10/h4-6,9H,7-8H2,1-3H3. The molecule has 0 fully saturated rings. The molecule has 1 aromatic carbocycles. The van der Waals surface area contributed by atoms with Gasteiger partial charge < -0.3 is 9.80 Å². The highest BCUT2D eigenvalue weighted by atomic mass is 79.9. The average molecular weight is 285 g/mol. The normalized spacial score (nSPS) is 10.6. The van der Waals surface area contributed by atoms with Crippen LogP contribution in [-0.2, 0) is 0 Å². The molecule has 0 aliphatic heterocycles. The van der Waals surface area contributed by atoms with Crippen LogP contribution in [0.2, 0.25) is 0 Å². The summed E-state index contributed by atoms with van der Waals surface area (Å²) in [6, 6.07) is 7.46. The van der Waals surface area contributed by atoms with Crippen LogP contribution in [-0.4, -0.2) is 49.9 Å². The number of amides is 1. The molecule has 0 saturated heterocycles. The van der Waals surface area contributed by atoms with Crippen LogP contribution in [0.3, 0.4) is 0 Å². The third kappa shape index (κ3) is 3.94. The van der Waals surface area contributed by atoms with Crippen LogP contribution in [0, 0.1) is 0 Å². The minimum atomic E-state index is 0.0585. The van der Waals surface area contributed by atoms with Crippen LogP contribution in [0.25, 0.3) is 0 Å². The molecule has 1 rings (SSSR count). The Labute approximate surface area is 105 Å². The molecule has 0 aliphatic carbocycles. The van der Waals surface area contributed by atoms with Crippen molar-refractivity contribution in [1.29, 1.82) is 0 Å². The van der Waals surface area contributed by atoms with Crippen LogP contribution in [0.1, 0.15) is 10.4 Å². The van der Waals surface area contributed by atoms with E-state index in [0.717, 1.165) is 23.1 Å². The quantitative estimate of drug-likeness (QED) is 0.845. The van der Waals surface area contributed by atoms with Gasteiger partial charge in [0, 0.05) is 30.2 Å². The van der Waals surface area contributed by atoms with E-state index in [-0.39, 0.29) is 5.91 Å². The molecule has 1 aromatic rings. The van der Waals surface area contributed by atoms with Crippen molar-refractivity contribution in [3.05, 3.63) is 34.3 Å². The summed E-state index contributed by atoms with van der Waals surface area (Å²) < 4.78 is 0.930. The van der Waals surface area contributed by atoms with Crippen LogP contribution >= 0.6 is 15.9 Å². The fourth-order valence-electron chi connectivity index (χ4n) is 1.29. The second-order valence-corrected chi connectivity index (χ2v) is 4.96. The maximum Gasteiger partial charge on any atom is 0.253 e. The summed E-state index contributed by atoms with van der Waals surface area (Å²) >= 11 is 3.36. The number of rotatable bonds is 4. The van der Waals surface area contributed by atoms with E-state index in [2.05, 4.69) is 20.8 Å². The first-order valence-electron chi connectivity index (χ1n) is 5.16. The predicted molar refractivity (Wildman–Crippen MR) is 69.7 cm³/mol. The van der Waals surface area contributed by atoms with Gasteiger partial charge in [-0.1, -0.05) is 22.0 Å². The highest BCUT2D eigenvalue weighted by molar-refractivity contribution is 9.10. The first-order valence-corrected chi connectivity index (χ1v) is 5.96. The maximum absolute atomic E-state index is 12.0. The van der Waals surface area contributed by atoms with Gasteiger partial charge in [0.1, 0.15) is 0 Å². The second kappa shape index (κ2) is 6.01. The topological polar surface area (TPSA) is 23.6 Å². The molecule has 0 radical (unpaired) electrons. The largest absolute Gasteiger partial charge is 0.340 e. The number of carbonyl (C=O) groups excluding carboxylic acids is 1. The Kier molecular flexibility index (Phi) is 4.96. The Hall–Kier alpha value is -0.870. The van der Waals surface area contributed by atoms with Crippen molar-refractivity contribution in [1.82, 2.24) is 9.80 Å². The number of hydrogen-bond acceptors (Lipinski definition) is 2. The Morgan fingerprint density at radius 2 is 1.94 bits per heavy atom. The summed E-state index contributed by atoms with van der Waals surface area (Å²) in [5, 5.41) is 0. The van der Waals surface area contributed by atoms with E-state index in [9.17, 15) is 4.79 Å². The van der Waals surface area contributed by atoms with Gasteiger partial charge in [-0.25, -0.2) is 0 Å². The minimum Gasteiger partial charge on any atom is -0.340 e. The first-order chi connectivity index (χ1) is 7.50. The van der Waals surface area contributed by atoms with E-state index in [1.54, 1.807) is 4.90 Å². The number of carbonyl (C=O) groups is 1. The highest BCUT2D eigenvalue weighted by Crippen LogP contribution is 2.12. The van der Waals surface area contributed by atoms with Crippen molar-refractivity contribution >= 4 is 21.8 Å². The number of benzene rings is 1. The molecule has 0 unspecified atom stereocenters. The summed E-state index contributed by atoms with van der Waals surface area (Å²) in [6.07, 6.45) is 0. The van der Waals surface area contributed by atoms with Gasteiger partial charge in [0.05, 0.1) is 0 Å². The maximum atomic E-state index is 12.0. The van der Waals surface area contributed by atoms with Crippen molar-refractivity contribution in [2.75, 3.05) is 34.2 Å². The van der Waals surface area contributed by atoms with Crippen molar-refractivity contribution in [2.45, 2.75) is 0 Å². The predicted octanol–water partition coefficient (Wildman–Crippen LogP) is 2.08. The molecule has 3 nitrogen and oxygen atoms in total. The molecule has 88 valence electrons. The second-order valence-electron chi connectivity index (χ2n) is 4.04. The monoisotopic (exact) mass is 284 g/mol. The van der Waals surface area contributed by atoms with E-state index in [1.807, 2.05) is 45.4 Å². The van der Waals surface area contributed by atoms with Crippen LogP contribution in [0.5, 0.6) is 0 Å². The molecule has 0 atom stereocenters. The SMILES string of the molecule is CN(C)CCN(C)C(=O)c1cccc(Br)c1. The van der Waals surface area contributed by atoms with Gasteiger partial charge in [-0.05, 0) is 32.3 Å². The average Bonchev–Trinajstić information content (AvgIpc) is 2.24. The van der Waals surface area contributed by atoms with E-state index >= 15 is 0 Å². The first kappa shape index (κ1) is 13.2. The summed E-state index contributed by atoms with van der Waals surface area (Å²) in [5.41, 5.74) is 0.718. The fourth-order valence-corrected chi connectivity index (χ4v) is 1.69. The number of nitrogens with zero attached hydrogens (tertiary/aromatic N) is 2. The Morgan fingerprint density at radius 3 is 2.50 bits per heavy atom. The van der Waals surface area contributed by atoms with Gasteiger partial charge in [-0.2, -0.15) is 0 Å². The molecule has 0 aliphatic rings. The third-order valence-corrected chi connectivity index (χ3v) is 2.79. The van der Waals surface area contributed by atoms with Crippen LogP contribution in [0.15, 0.2) is 28.7 Å². The van der Waals surface area contributed by atoms with Crippen LogP contribution in [0.4, 0.5) is 0 Å². The van der Waals surface area contributed by atoms with Crippen molar-refractivity contribution in [3.63, 3.8) is 0 Å². The molecule has 0 bridgehead atoms. The lowest BCUT2D eigenvalue weighted by Gasteiger charge is -2.19. The molecule has 1 amide bonds. The smallest absolute Gasteiger partial charge is 0.253 e. The van der Waals surface area contributed by atoms with Crippen molar-refractivity contribution in [3.8, 4) is 0 Å². The molecule has 0 spiro atoms.